The Morgan fingerprint density at radius 3 is 2.26 bits per heavy atom. The first-order chi connectivity index (χ1) is 16.4. The summed E-state index contributed by atoms with van der Waals surface area (Å²) in [6, 6.07) is 23.2. The fourth-order valence-corrected chi connectivity index (χ4v) is 5.43. The van der Waals surface area contributed by atoms with Gasteiger partial charge in [0, 0.05) is 18.8 Å². The molecular weight excluding hydrogens is 472 g/mol. The molecule has 3 aromatic rings. The minimum absolute atomic E-state index is 0.0144. The molecule has 8 heteroatoms. The molecular formula is C26H27ClN2O4S. The third-order valence-corrected chi connectivity index (χ3v) is 7.60. The molecule has 1 amide bonds. The highest BCUT2D eigenvalue weighted by molar-refractivity contribution is 7.92. The second-order valence-corrected chi connectivity index (χ2v) is 10.5. The number of anilines is 1. The van der Waals surface area contributed by atoms with Gasteiger partial charge in [0.05, 0.1) is 9.92 Å². The number of hydrogen-bond donors (Lipinski definition) is 1. The van der Waals surface area contributed by atoms with Crippen molar-refractivity contribution in [3.8, 4) is 5.75 Å². The van der Waals surface area contributed by atoms with Crippen LogP contribution in [0.3, 0.4) is 0 Å². The average molecular weight is 499 g/mol. The number of rotatable bonds is 8. The third-order valence-electron chi connectivity index (χ3n) is 5.93. The van der Waals surface area contributed by atoms with E-state index in [0.29, 0.717) is 24.7 Å². The predicted molar refractivity (Wildman–Crippen MR) is 134 cm³/mol. The molecule has 1 fully saturated rings. The highest BCUT2D eigenvalue weighted by atomic mass is 35.5. The van der Waals surface area contributed by atoms with Crippen LogP contribution in [0.2, 0.25) is 5.02 Å². The van der Waals surface area contributed by atoms with Gasteiger partial charge in [-0.25, -0.2) is 8.42 Å². The zero-order chi connectivity index (χ0) is 24.0. The Hall–Kier alpha value is -3.03. The van der Waals surface area contributed by atoms with Gasteiger partial charge in [-0.05, 0) is 61.1 Å². The molecule has 1 saturated heterocycles. The number of carbonyl (C=O) groups is 1. The van der Waals surface area contributed by atoms with E-state index < -0.39 is 10.0 Å². The van der Waals surface area contributed by atoms with Crippen LogP contribution in [0.25, 0.3) is 0 Å². The Morgan fingerprint density at radius 2 is 1.62 bits per heavy atom. The lowest BCUT2D eigenvalue weighted by Gasteiger charge is -2.32. The van der Waals surface area contributed by atoms with Gasteiger partial charge >= 0.3 is 0 Å². The summed E-state index contributed by atoms with van der Waals surface area (Å²) in [5.41, 5.74) is 1.78. The van der Waals surface area contributed by atoms with Crippen LogP contribution in [0, 0.1) is 5.92 Å². The van der Waals surface area contributed by atoms with Crippen LogP contribution in [-0.4, -0.2) is 38.9 Å². The van der Waals surface area contributed by atoms with E-state index in [4.69, 9.17) is 16.3 Å². The highest BCUT2D eigenvalue weighted by Crippen LogP contribution is 2.29. The van der Waals surface area contributed by atoms with Crippen molar-refractivity contribution < 1.29 is 17.9 Å². The number of benzene rings is 3. The number of ether oxygens (including phenoxy) is 1. The number of nitrogens with one attached hydrogen (secondary N) is 1. The number of para-hydroxylation sites is 1. The lowest BCUT2D eigenvalue weighted by atomic mass is 9.90. The summed E-state index contributed by atoms with van der Waals surface area (Å²) in [5.74, 6) is 0.741. The minimum atomic E-state index is -3.79. The molecule has 1 heterocycles. The summed E-state index contributed by atoms with van der Waals surface area (Å²) in [6.07, 6.45) is 2.95. The van der Waals surface area contributed by atoms with Gasteiger partial charge in [0.15, 0.2) is 6.61 Å². The van der Waals surface area contributed by atoms with Crippen LogP contribution >= 0.6 is 11.6 Å². The molecule has 1 aliphatic heterocycles. The first-order valence-electron chi connectivity index (χ1n) is 11.2. The van der Waals surface area contributed by atoms with Crippen molar-refractivity contribution in [3.63, 3.8) is 0 Å². The first-order valence-corrected chi connectivity index (χ1v) is 13.1. The summed E-state index contributed by atoms with van der Waals surface area (Å²) in [6.45, 7) is 1.27. The van der Waals surface area contributed by atoms with Gasteiger partial charge in [0.1, 0.15) is 5.75 Å². The number of piperidine rings is 1. The quantitative estimate of drug-likeness (QED) is 0.474. The van der Waals surface area contributed by atoms with Gasteiger partial charge < -0.3 is 9.64 Å². The van der Waals surface area contributed by atoms with E-state index in [1.54, 1.807) is 30.3 Å². The number of halogens is 1. The minimum Gasteiger partial charge on any atom is -0.482 e. The van der Waals surface area contributed by atoms with Crippen molar-refractivity contribution in [2.24, 2.45) is 5.92 Å². The zero-order valence-electron chi connectivity index (χ0n) is 18.7. The Labute approximate surface area is 205 Å². The molecule has 1 N–H and O–H groups in total. The van der Waals surface area contributed by atoms with Gasteiger partial charge in [0.25, 0.3) is 15.9 Å². The normalized spacial score (nSPS) is 14.6. The second kappa shape index (κ2) is 10.9. The summed E-state index contributed by atoms with van der Waals surface area (Å²) in [5, 5.41) is 0.130. The van der Waals surface area contributed by atoms with Crippen molar-refractivity contribution >= 4 is 33.2 Å². The average Bonchev–Trinajstić information content (AvgIpc) is 2.84. The molecule has 0 saturated carbocycles. The molecule has 0 bridgehead atoms. The van der Waals surface area contributed by atoms with E-state index in [1.807, 2.05) is 11.0 Å². The maximum atomic E-state index is 12.6. The molecule has 1 aliphatic rings. The first kappa shape index (κ1) is 24.1. The number of carbonyl (C=O) groups excluding carboxylic acids is 1. The molecule has 0 aromatic heterocycles. The lowest BCUT2D eigenvalue weighted by Crippen LogP contribution is -2.41. The molecule has 0 unspecified atom stereocenters. The van der Waals surface area contributed by atoms with E-state index in [0.717, 1.165) is 19.3 Å². The molecule has 0 atom stereocenters. The largest absolute Gasteiger partial charge is 0.482 e. The van der Waals surface area contributed by atoms with E-state index in [-0.39, 0.29) is 28.2 Å². The van der Waals surface area contributed by atoms with Gasteiger partial charge in [-0.2, -0.15) is 0 Å². The third kappa shape index (κ3) is 6.30. The summed E-state index contributed by atoms with van der Waals surface area (Å²) in [7, 11) is -3.79. The predicted octanol–water partition coefficient (Wildman–Crippen LogP) is 5.00. The van der Waals surface area contributed by atoms with Crippen LogP contribution in [0.15, 0.2) is 83.8 Å². The Bertz CT molecular complexity index is 1210. The zero-order valence-corrected chi connectivity index (χ0v) is 20.3. The molecule has 3 aromatic carbocycles. The fraction of sp³-hybridized carbons (Fsp3) is 0.269. The standard InChI is InChI=1S/C26H27ClN2O4S/c27-24-18-23(34(31,32)28-22-9-5-2-6-10-22)11-12-25(24)33-19-26(30)29-15-13-21(14-16-29)17-20-7-3-1-4-8-20/h1-12,18,21,28H,13-17,19H2. The van der Waals surface area contributed by atoms with E-state index in [1.165, 1.54) is 23.8 Å². The van der Waals surface area contributed by atoms with Crippen molar-refractivity contribution in [1.82, 2.24) is 4.90 Å². The fourth-order valence-electron chi connectivity index (χ4n) is 4.05. The number of hydrogen-bond acceptors (Lipinski definition) is 4. The molecule has 34 heavy (non-hydrogen) atoms. The Kier molecular flexibility index (Phi) is 7.75. The van der Waals surface area contributed by atoms with Gasteiger partial charge in [0.2, 0.25) is 0 Å². The summed E-state index contributed by atoms with van der Waals surface area (Å²) < 4.78 is 33.3. The number of sulfonamides is 1. The number of amides is 1. The maximum absolute atomic E-state index is 12.6. The molecule has 6 nitrogen and oxygen atoms in total. The van der Waals surface area contributed by atoms with Gasteiger partial charge in [-0.1, -0.05) is 60.1 Å². The van der Waals surface area contributed by atoms with Crippen LogP contribution in [0.5, 0.6) is 5.75 Å². The molecule has 0 spiro atoms. The van der Waals surface area contributed by atoms with Crippen LogP contribution in [0.1, 0.15) is 18.4 Å². The second-order valence-electron chi connectivity index (χ2n) is 8.37. The number of likely N-dealkylation sites (tertiary alicyclic amines) is 1. The van der Waals surface area contributed by atoms with Crippen LogP contribution < -0.4 is 9.46 Å². The monoisotopic (exact) mass is 498 g/mol. The molecule has 4 rings (SSSR count). The summed E-state index contributed by atoms with van der Waals surface area (Å²) >= 11 is 6.26. The number of nitrogens with zero attached hydrogens (tertiary/aromatic N) is 1. The smallest absolute Gasteiger partial charge is 0.261 e. The SMILES string of the molecule is O=C(COc1ccc(S(=O)(=O)Nc2ccccc2)cc1Cl)N1CCC(Cc2ccccc2)CC1. The van der Waals surface area contributed by atoms with E-state index >= 15 is 0 Å². The molecule has 0 aliphatic carbocycles. The molecule has 0 radical (unpaired) electrons. The van der Waals surface area contributed by atoms with E-state index in [2.05, 4.69) is 29.0 Å². The van der Waals surface area contributed by atoms with Crippen molar-refractivity contribution in [2.75, 3.05) is 24.4 Å². The van der Waals surface area contributed by atoms with Gasteiger partial charge in [-0.3, -0.25) is 9.52 Å². The maximum Gasteiger partial charge on any atom is 0.261 e. The van der Waals surface area contributed by atoms with Crippen molar-refractivity contribution in [3.05, 3.63) is 89.4 Å². The summed E-state index contributed by atoms with van der Waals surface area (Å²) in [4.78, 5) is 14.5. The topological polar surface area (TPSA) is 75.7 Å². The van der Waals surface area contributed by atoms with Crippen molar-refractivity contribution in [1.29, 1.82) is 0 Å². The highest BCUT2D eigenvalue weighted by Gasteiger charge is 2.24. The van der Waals surface area contributed by atoms with Crippen LogP contribution in [-0.2, 0) is 21.2 Å². The van der Waals surface area contributed by atoms with Crippen LogP contribution in [0.4, 0.5) is 5.69 Å². The Morgan fingerprint density at radius 1 is 0.971 bits per heavy atom. The van der Waals surface area contributed by atoms with Crippen molar-refractivity contribution in [2.45, 2.75) is 24.2 Å². The lowest BCUT2D eigenvalue weighted by molar-refractivity contribution is -0.134. The van der Waals surface area contributed by atoms with Gasteiger partial charge in [-0.15, -0.1) is 0 Å². The van der Waals surface area contributed by atoms with E-state index in [9.17, 15) is 13.2 Å². The molecule has 178 valence electrons. The Balaban J connectivity index is 1.28.